The van der Waals surface area contributed by atoms with E-state index in [1.807, 2.05) is 36.4 Å². The molecule has 0 unspecified atom stereocenters. The van der Waals surface area contributed by atoms with Gasteiger partial charge in [-0.25, -0.2) is 4.98 Å². The van der Waals surface area contributed by atoms with Crippen LogP contribution in [0.4, 0.5) is 5.69 Å². The molecule has 2 aromatic carbocycles. The predicted octanol–water partition coefficient (Wildman–Crippen LogP) is 7.10. The number of benzene rings is 2. The number of nitrogens with one attached hydrogen (secondary N) is 1. The molecule has 130 valence electrons. The van der Waals surface area contributed by atoms with Crippen molar-refractivity contribution < 1.29 is 9.21 Å². The fourth-order valence-corrected chi connectivity index (χ4v) is 5.09. The Balaban J connectivity index is 1.80. The summed E-state index contributed by atoms with van der Waals surface area (Å²) in [6, 6.07) is 15.1. The number of para-hydroxylation sites is 1. The van der Waals surface area contributed by atoms with Gasteiger partial charge in [-0.05, 0) is 68.3 Å². The van der Waals surface area contributed by atoms with E-state index >= 15 is 0 Å². The largest absolute Gasteiger partial charge is 0.444 e. The number of fused-ring (bicyclic) bond motifs is 1. The minimum absolute atomic E-state index is 0.224. The van der Waals surface area contributed by atoms with Gasteiger partial charge < -0.3 is 9.73 Å². The second-order valence-corrected chi connectivity index (χ2v) is 8.94. The van der Waals surface area contributed by atoms with Gasteiger partial charge in [0.15, 0.2) is 10.4 Å². The second-order valence-electron chi connectivity index (χ2n) is 5.35. The summed E-state index contributed by atoms with van der Waals surface area (Å²) in [5, 5.41) is 3.75. The lowest BCUT2D eigenvalue weighted by molar-refractivity contribution is 0.0995. The summed E-state index contributed by atoms with van der Waals surface area (Å²) in [7, 11) is 0. The van der Waals surface area contributed by atoms with Crippen LogP contribution in [0.2, 0.25) is 0 Å². The molecule has 0 fully saturated rings. The van der Waals surface area contributed by atoms with Crippen LogP contribution in [0.3, 0.4) is 0 Å². The summed E-state index contributed by atoms with van der Waals surface area (Å²) in [6.45, 7) is 0. The maximum atomic E-state index is 12.5. The first-order valence-electron chi connectivity index (χ1n) is 7.43. The standard InChI is InChI=1S/C18H9Br3N2O2S/c19-9-7-10(18-22-12-3-1-2-4-14(12)26-18)16(11(20)8-9)23-17(24)13-5-6-15(21)25-13/h1-8H,(H,23,24). The molecule has 2 heterocycles. The monoisotopic (exact) mass is 554 g/mol. The average molecular weight is 557 g/mol. The van der Waals surface area contributed by atoms with Gasteiger partial charge in [-0.3, -0.25) is 4.79 Å². The fourth-order valence-electron chi connectivity index (χ4n) is 2.47. The fraction of sp³-hybridized carbons (Fsp3) is 0. The normalized spacial score (nSPS) is 11.0. The van der Waals surface area contributed by atoms with Crippen molar-refractivity contribution in [3.8, 4) is 10.6 Å². The number of hydrogen-bond donors (Lipinski definition) is 1. The molecule has 2 aromatic heterocycles. The summed E-state index contributed by atoms with van der Waals surface area (Å²) >= 11 is 11.8. The predicted molar refractivity (Wildman–Crippen MR) is 115 cm³/mol. The lowest BCUT2D eigenvalue weighted by Gasteiger charge is -2.12. The van der Waals surface area contributed by atoms with Crippen LogP contribution in [-0.2, 0) is 0 Å². The highest BCUT2D eigenvalue weighted by Gasteiger charge is 2.19. The smallest absolute Gasteiger partial charge is 0.291 e. The van der Waals surface area contributed by atoms with Gasteiger partial charge in [0.25, 0.3) is 5.91 Å². The Labute approximate surface area is 178 Å². The highest BCUT2D eigenvalue weighted by Crippen LogP contribution is 2.40. The molecule has 0 aliphatic carbocycles. The molecule has 26 heavy (non-hydrogen) atoms. The Bertz CT molecular complexity index is 1100. The van der Waals surface area contributed by atoms with Crippen molar-refractivity contribution in [3.05, 3.63) is 67.9 Å². The third-order valence-corrected chi connectivity index (χ3v) is 6.19. The first-order chi connectivity index (χ1) is 12.5. The number of carbonyl (C=O) groups is 1. The van der Waals surface area contributed by atoms with Crippen molar-refractivity contribution in [2.24, 2.45) is 0 Å². The van der Waals surface area contributed by atoms with E-state index < -0.39 is 0 Å². The van der Waals surface area contributed by atoms with Crippen molar-refractivity contribution in [1.29, 1.82) is 0 Å². The molecule has 4 aromatic rings. The van der Waals surface area contributed by atoms with Crippen LogP contribution in [-0.4, -0.2) is 10.9 Å². The van der Waals surface area contributed by atoms with Gasteiger partial charge in [0.2, 0.25) is 0 Å². The molecule has 0 saturated carbocycles. The first kappa shape index (κ1) is 17.9. The molecule has 4 nitrogen and oxygen atoms in total. The Morgan fingerprint density at radius 1 is 1.08 bits per heavy atom. The molecule has 0 spiro atoms. The molecule has 1 amide bonds. The molecule has 0 aliphatic heterocycles. The van der Waals surface area contributed by atoms with E-state index in [9.17, 15) is 4.79 Å². The number of furan rings is 1. The highest BCUT2D eigenvalue weighted by molar-refractivity contribution is 9.11. The zero-order valence-electron chi connectivity index (χ0n) is 12.9. The Morgan fingerprint density at radius 2 is 1.88 bits per heavy atom. The average Bonchev–Trinajstić information content (AvgIpc) is 3.22. The Morgan fingerprint density at radius 3 is 2.62 bits per heavy atom. The molecule has 1 N–H and O–H groups in total. The third kappa shape index (κ3) is 3.51. The maximum absolute atomic E-state index is 12.5. The number of aromatic nitrogens is 1. The summed E-state index contributed by atoms with van der Waals surface area (Å²) < 4.78 is 8.57. The van der Waals surface area contributed by atoms with Gasteiger partial charge in [-0.2, -0.15) is 0 Å². The van der Waals surface area contributed by atoms with E-state index in [1.165, 1.54) is 0 Å². The van der Waals surface area contributed by atoms with Crippen LogP contribution in [0.1, 0.15) is 10.6 Å². The van der Waals surface area contributed by atoms with Crippen molar-refractivity contribution in [2.75, 3.05) is 5.32 Å². The number of thiazole rings is 1. The number of hydrogen-bond acceptors (Lipinski definition) is 4. The number of anilines is 1. The van der Waals surface area contributed by atoms with Crippen molar-refractivity contribution in [1.82, 2.24) is 4.98 Å². The topological polar surface area (TPSA) is 55.1 Å². The zero-order chi connectivity index (χ0) is 18.3. The van der Waals surface area contributed by atoms with E-state index in [0.29, 0.717) is 10.4 Å². The van der Waals surface area contributed by atoms with Gasteiger partial charge in [-0.1, -0.05) is 28.1 Å². The SMILES string of the molecule is O=C(Nc1c(Br)cc(Br)cc1-c1nc2ccccc2s1)c1ccc(Br)o1. The zero-order valence-corrected chi connectivity index (χ0v) is 18.5. The van der Waals surface area contributed by atoms with Gasteiger partial charge in [0.1, 0.15) is 5.01 Å². The maximum Gasteiger partial charge on any atom is 0.291 e. The molecule has 4 rings (SSSR count). The molecule has 0 bridgehead atoms. The van der Waals surface area contributed by atoms with Crippen molar-refractivity contribution in [3.63, 3.8) is 0 Å². The number of amides is 1. The van der Waals surface area contributed by atoms with Crippen molar-refractivity contribution >= 4 is 80.9 Å². The molecule has 8 heteroatoms. The summed E-state index contributed by atoms with van der Waals surface area (Å²) in [4.78, 5) is 17.2. The minimum atomic E-state index is -0.332. The Hall–Kier alpha value is -1.48. The van der Waals surface area contributed by atoms with E-state index in [-0.39, 0.29) is 11.7 Å². The van der Waals surface area contributed by atoms with Crippen LogP contribution in [0.25, 0.3) is 20.8 Å². The highest BCUT2D eigenvalue weighted by atomic mass is 79.9. The Kier molecular flexibility index (Phi) is 5.00. The molecule has 0 saturated heterocycles. The molecule has 0 atom stereocenters. The summed E-state index contributed by atoms with van der Waals surface area (Å²) in [6.07, 6.45) is 0. The number of carbonyl (C=O) groups excluding carboxylic acids is 1. The summed E-state index contributed by atoms with van der Waals surface area (Å²) in [5.41, 5.74) is 2.40. The van der Waals surface area contributed by atoms with Crippen LogP contribution < -0.4 is 5.32 Å². The van der Waals surface area contributed by atoms with E-state index in [2.05, 4.69) is 53.1 Å². The van der Waals surface area contributed by atoms with E-state index in [0.717, 1.165) is 29.7 Å². The van der Waals surface area contributed by atoms with Crippen LogP contribution >= 0.6 is 59.1 Å². The number of halogens is 3. The molecule has 0 aliphatic rings. The number of rotatable bonds is 3. The van der Waals surface area contributed by atoms with Gasteiger partial charge in [0.05, 0.1) is 15.9 Å². The lowest BCUT2D eigenvalue weighted by Crippen LogP contribution is -2.12. The molecule has 0 radical (unpaired) electrons. The van der Waals surface area contributed by atoms with Crippen LogP contribution in [0.5, 0.6) is 0 Å². The quantitative estimate of drug-likeness (QED) is 0.293. The lowest BCUT2D eigenvalue weighted by atomic mass is 10.2. The van der Waals surface area contributed by atoms with Gasteiger partial charge >= 0.3 is 0 Å². The van der Waals surface area contributed by atoms with Crippen LogP contribution in [0.15, 0.2) is 66.6 Å². The van der Waals surface area contributed by atoms with E-state index in [1.54, 1.807) is 23.5 Å². The van der Waals surface area contributed by atoms with Gasteiger partial charge in [0, 0.05) is 14.5 Å². The molecular weight excluding hydrogens is 548 g/mol. The number of nitrogens with zero attached hydrogens (tertiary/aromatic N) is 1. The molecular formula is C18H9Br3N2O2S. The van der Waals surface area contributed by atoms with Crippen LogP contribution in [0, 0.1) is 0 Å². The second kappa shape index (κ2) is 7.26. The summed E-state index contributed by atoms with van der Waals surface area (Å²) in [5.74, 6) is -0.108. The first-order valence-corrected chi connectivity index (χ1v) is 10.6. The van der Waals surface area contributed by atoms with Crippen molar-refractivity contribution in [2.45, 2.75) is 0 Å². The van der Waals surface area contributed by atoms with E-state index in [4.69, 9.17) is 9.40 Å². The third-order valence-electron chi connectivity index (χ3n) is 3.61. The minimum Gasteiger partial charge on any atom is -0.444 e. The van der Waals surface area contributed by atoms with Gasteiger partial charge in [-0.15, -0.1) is 11.3 Å².